The molecule has 0 aliphatic carbocycles. The summed E-state index contributed by atoms with van der Waals surface area (Å²) in [7, 11) is 0. The molecule has 0 saturated carbocycles. The molecule has 100 valence electrons. The zero-order valence-electron chi connectivity index (χ0n) is 11.6. The second-order valence-electron chi connectivity index (χ2n) is 4.66. The molecule has 0 atom stereocenters. The van der Waals surface area contributed by atoms with Gasteiger partial charge < -0.3 is 4.90 Å². The Morgan fingerprint density at radius 3 is 2.44 bits per heavy atom. The van der Waals surface area contributed by atoms with Gasteiger partial charge in [-0.15, -0.1) is 0 Å². The fraction of sp³-hybridized carbons (Fsp3) is 0.533. The van der Waals surface area contributed by atoms with Crippen molar-refractivity contribution in [3.05, 3.63) is 35.9 Å². The van der Waals surface area contributed by atoms with E-state index in [2.05, 4.69) is 32.9 Å². The van der Waals surface area contributed by atoms with E-state index in [1.165, 1.54) is 17.3 Å². The number of carbonyl (C=O) groups excluding carboxylic acids is 1. The predicted octanol–water partition coefficient (Wildman–Crippen LogP) is 4.20. The van der Waals surface area contributed by atoms with Crippen LogP contribution in [-0.4, -0.2) is 28.5 Å². The lowest BCUT2D eigenvalue weighted by molar-refractivity contribution is 0.223. The lowest BCUT2D eigenvalue weighted by Gasteiger charge is -2.22. The maximum atomic E-state index is 12.1. The third-order valence-corrected chi connectivity index (χ3v) is 3.53. The number of amides is 1. The van der Waals surface area contributed by atoms with E-state index in [9.17, 15) is 4.79 Å². The molecule has 1 aromatic rings. The summed E-state index contributed by atoms with van der Waals surface area (Å²) in [6.45, 7) is 7.90. The van der Waals surface area contributed by atoms with Gasteiger partial charge >= 0.3 is 0 Å². The summed E-state index contributed by atoms with van der Waals surface area (Å²) in [6.07, 6.45) is 1.95. The SMILES string of the molecule is CCCN(CCc1ccccc1)C(=O)SC(C)C. The quantitative estimate of drug-likeness (QED) is 0.768. The first-order chi connectivity index (χ1) is 8.63. The summed E-state index contributed by atoms with van der Waals surface area (Å²) < 4.78 is 0. The number of nitrogens with zero attached hydrogens (tertiary/aromatic N) is 1. The van der Waals surface area contributed by atoms with E-state index in [-0.39, 0.29) is 5.24 Å². The van der Waals surface area contributed by atoms with Gasteiger partial charge in [0.1, 0.15) is 0 Å². The number of thioether (sulfide) groups is 1. The van der Waals surface area contributed by atoms with Gasteiger partial charge in [0.15, 0.2) is 0 Å². The Kier molecular flexibility index (Phi) is 6.88. The molecule has 0 bridgehead atoms. The molecule has 0 heterocycles. The van der Waals surface area contributed by atoms with Crippen LogP contribution in [0.25, 0.3) is 0 Å². The minimum atomic E-state index is 0.211. The fourth-order valence-corrected chi connectivity index (χ4v) is 2.48. The van der Waals surface area contributed by atoms with E-state index < -0.39 is 0 Å². The van der Waals surface area contributed by atoms with Crippen molar-refractivity contribution in [3.8, 4) is 0 Å². The van der Waals surface area contributed by atoms with Crippen molar-refractivity contribution in [1.82, 2.24) is 4.90 Å². The van der Waals surface area contributed by atoms with Crippen molar-refractivity contribution in [2.24, 2.45) is 0 Å². The summed E-state index contributed by atoms with van der Waals surface area (Å²) in [5.41, 5.74) is 1.29. The summed E-state index contributed by atoms with van der Waals surface area (Å²) >= 11 is 1.42. The second-order valence-corrected chi connectivity index (χ2v) is 6.18. The van der Waals surface area contributed by atoms with Crippen LogP contribution >= 0.6 is 11.8 Å². The summed E-state index contributed by atoms with van der Waals surface area (Å²) in [6, 6.07) is 10.3. The van der Waals surface area contributed by atoms with Crippen LogP contribution in [0.5, 0.6) is 0 Å². The van der Waals surface area contributed by atoms with Crippen LogP contribution in [0.1, 0.15) is 32.8 Å². The molecule has 0 aromatic heterocycles. The molecular weight excluding hydrogens is 242 g/mol. The highest BCUT2D eigenvalue weighted by Crippen LogP contribution is 2.16. The maximum Gasteiger partial charge on any atom is 0.281 e. The Morgan fingerprint density at radius 2 is 1.89 bits per heavy atom. The molecule has 18 heavy (non-hydrogen) atoms. The van der Waals surface area contributed by atoms with Gasteiger partial charge in [0.05, 0.1) is 0 Å². The monoisotopic (exact) mass is 265 g/mol. The van der Waals surface area contributed by atoms with Gasteiger partial charge in [0.2, 0.25) is 0 Å². The minimum absolute atomic E-state index is 0.211. The predicted molar refractivity (Wildman–Crippen MR) is 80.1 cm³/mol. The zero-order valence-corrected chi connectivity index (χ0v) is 12.4. The number of hydrogen-bond donors (Lipinski definition) is 0. The van der Waals surface area contributed by atoms with Crippen LogP contribution in [0.3, 0.4) is 0 Å². The molecule has 0 aliphatic heterocycles. The van der Waals surface area contributed by atoms with Gasteiger partial charge in [-0.25, -0.2) is 0 Å². The Labute approximate surface area is 115 Å². The van der Waals surface area contributed by atoms with Gasteiger partial charge in [-0.1, -0.05) is 62.9 Å². The van der Waals surface area contributed by atoms with Crippen molar-refractivity contribution >= 4 is 17.0 Å². The van der Waals surface area contributed by atoms with Crippen molar-refractivity contribution in [2.75, 3.05) is 13.1 Å². The molecule has 3 heteroatoms. The van der Waals surface area contributed by atoms with Crippen molar-refractivity contribution in [2.45, 2.75) is 38.9 Å². The molecule has 1 amide bonds. The zero-order chi connectivity index (χ0) is 13.4. The molecular formula is C15H23NOS. The summed E-state index contributed by atoms with van der Waals surface area (Å²) in [5.74, 6) is 0. The number of rotatable bonds is 6. The first-order valence-electron chi connectivity index (χ1n) is 6.63. The molecule has 0 N–H and O–H groups in total. The highest BCUT2D eigenvalue weighted by Gasteiger charge is 2.14. The van der Waals surface area contributed by atoms with Crippen LogP contribution in [0.2, 0.25) is 0 Å². The summed E-state index contributed by atoms with van der Waals surface area (Å²) in [5, 5.41) is 0.566. The van der Waals surface area contributed by atoms with Gasteiger partial charge in [0, 0.05) is 18.3 Å². The Morgan fingerprint density at radius 1 is 1.22 bits per heavy atom. The minimum Gasteiger partial charge on any atom is -0.333 e. The standard InChI is InChI=1S/C15H23NOS/c1-4-11-16(15(17)18-13(2)3)12-10-14-8-6-5-7-9-14/h5-9,13H,4,10-12H2,1-3H3. The topological polar surface area (TPSA) is 20.3 Å². The number of carbonyl (C=O) groups is 1. The van der Waals surface area contributed by atoms with E-state index in [4.69, 9.17) is 0 Å². The second kappa shape index (κ2) is 8.20. The van der Waals surface area contributed by atoms with Crippen molar-refractivity contribution < 1.29 is 4.79 Å². The Hall–Kier alpha value is -0.960. The fourth-order valence-electron chi connectivity index (χ4n) is 1.75. The molecule has 0 unspecified atom stereocenters. The van der Waals surface area contributed by atoms with E-state index in [0.29, 0.717) is 5.25 Å². The van der Waals surface area contributed by atoms with Crippen LogP contribution in [0.4, 0.5) is 4.79 Å². The third-order valence-electron chi connectivity index (χ3n) is 2.60. The lowest BCUT2D eigenvalue weighted by Crippen LogP contribution is -2.31. The number of benzene rings is 1. The third kappa shape index (κ3) is 5.58. The van der Waals surface area contributed by atoms with Crippen molar-refractivity contribution in [3.63, 3.8) is 0 Å². The lowest BCUT2D eigenvalue weighted by atomic mass is 10.1. The Balaban J connectivity index is 2.50. The average molecular weight is 265 g/mol. The van der Waals surface area contributed by atoms with E-state index in [0.717, 1.165) is 25.9 Å². The van der Waals surface area contributed by atoms with E-state index >= 15 is 0 Å². The number of hydrogen-bond acceptors (Lipinski definition) is 2. The van der Waals surface area contributed by atoms with E-state index in [1.807, 2.05) is 23.1 Å². The average Bonchev–Trinajstić information content (AvgIpc) is 2.34. The Bertz CT molecular complexity index is 351. The first-order valence-corrected chi connectivity index (χ1v) is 7.51. The van der Waals surface area contributed by atoms with Crippen molar-refractivity contribution in [1.29, 1.82) is 0 Å². The van der Waals surface area contributed by atoms with Crippen LogP contribution in [-0.2, 0) is 6.42 Å². The summed E-state index contributed by atoms with van der Waals surface area (Å²) in [4.78, 5) is 14.0. The normalized spacial score (nSPS) is 10.7. The highest BCUT2D eigenvalue weighted by atomic mass is 32.2. The van der Waals surface area contributed by atoms with Gasteiger partial charge in [-0.3, -0.25) is 4.79 Å². The van der Waals surface area contributed by atoms with Crippen LogP contribution in [0, 0.1) is 0 Å². The van der Waals surface area contributed by atoms with E-state index in [1.54, 1.807) is 0 Å². The van der Waals surface area contributed by atoms with Gasteiger partial charge in [-0.05, 0) is 18.4 Å². The smallest absolute Gasteiger partial charge is 0.281 e. The molecule has 0 fully saturated rings. The molecule has 0 aliphatic rings. The molecule has 0 radical (unpaired) electrons. The van der Waals surface area contributed by atoms with Gasteiger partial charge in [0.25, 0.3) is 5.24 Å². The van der Waals surface area contributed by atoms with Crippen LogP contribution in [0.15, 0.2) is 30.3 Å². The first kappa shape index (κ1) is 15.1. The molecule has 0 spiro atoms. The molecule has 1 rings (SSSR count). The highest BCUT2D eigenvalue weighted by molar-refractivity contribution is 8.14. The van der Waals surface area contributed by atoms with Gasteiger partial charge in [-0.2, -0.15) is 0 Å². The van der Waals surface area contributed by atoms with Crippen LogP contribution < -0.4 is 0 Å². The largest absolute Gasteiger partial charge is 0.333 e. The maximum absolute atomic E-state index is 12.1. The molecule has 1 aromatic carbocycles. The molecule has 0 saturated heterocycles. The molecule has 2 nitrogen and oxygen atoms in total.